The van der Waals surface area contributed by atoms with Crippen LogP contribution in [0.1, 0.15) is 33.6 Å². The molecule has 0 aliphatic carbocycles. The van der Waals surface area contributed by atoms with Gasteiger partial charge in [-0.25, -0.2) is 0 Å². The zero-order valence-electron chi connectivity index (χ0n) is 9.86. The van der Waals surface area contributed by atoms with Crippen molar-refractivity contribution in [2.45, 2.75) is 18.9 Å². The second-order valence-corrected chi connectivity index (χ2v) is 5.75. The molecule has 3 rings (SSSR count). The van der Waals surface area contributed by atoms with Gasteiger partial charge in [-0.1, -0.05) is 0 Å². The highest BCUT2D eigenvalue weighted by Crippen LogP contribution is 2.24. The Kier molecular flexibility index (Phi) is 2.99. The van der Waals surface area contributed by atoms with Crippen molar-refractivity contribution in [1.29, 1.82) is 0 Å². The summed E-state index contributed by atoms with van der Waals surface area (Å²) in [6.07, 6.45) is 2.39. The van der Waals surface area contributed by atoms with Crippen LogP contribution in [0.5, 0.6) is 0 Å². The highest BCUT2D eigenvalue weighted by Gasteiger charge is 2.26. The Hall–Kier alpha value is -1.49. The van der Waals surface area contributed by atoms with Gasteiger partial charge in [0.05, 0.1) is 11.1 Å². The van der Waals surface area contributed by atoms with Crippen LogP contribution in [-0.4, -0.2) is 29.4 Å². The second-order valence-electron chi connectivity index (χ2n) is 4.60. The fourth-order valence-electron chi connectivity index (χ4n) is 2.35. The zero-order valence-corrected chi connectivity index (χ0v) is 10.7. The number of carbonyl (C=O) groups excluding carboxylic acids is 2. The maximum Gasteiger partial charge on any atom is 0.259 e. The van der Waals surface area contributed by atoms with Gasteiger partial charge in [0.2, 0.25) is 0 Å². The molecule has 0 radical (unpaired) electrons. The summed E-state index contributed by atoms with van der Waals surface area (Å²) in [5.74, 6) is 1.74. The lowest BCUT2D eigenvalue weighted by Gasteiger charge is -2.23. The first kappa shape index (κ1) is 11.6. The van der Waals surface area contributed by atoms with Crippen LogP contribution in [0.4, 0.5) is 5.69 Å². The van der Waals surface area contributed by atoms with Crippen LogP contribution in [-0.2, 0) is 0 Å². The number of amides is 2. The molecule has 1 unspecified atom stereocenters. The Morgan fingerprint density at radius 2 is 2.06 bits per heavy atom. The molecule has 2 aliphatic rings. The number of nitrogens with one attached hydrogen (secondary N) is 2. The maximum absolute atomic E-state index is 11.6. The largest absolute Gasteiger partial charge is 0.381 e. The van der Waals surface area contributed by atoms with Crippen LogP contribution in [0.25, 0.3) is 0 Å². The average molecular weight is 262 g/mol. The van der Waals surface area contributed by atoms with Gasteiger partial charge in [-0.2, -0.15) is 11.8 Å². The van der Waals surface area contributed by atoms with Crippen molar-refractivity contribution in [3.63, 3.8) is 0 Å². The first-order valence-electron chi connectivity index (χ1n) is 6.08. The molecule has 0 spiro atoms. The molecule has 1 saturated heterocycles. The van der Waals surface area contributed by atoms with E-state index in [-0.39, 0.29) is 11.8 Å². The van der Waals surface area contributed by atoms with Crippen LogP contribution >= 0.6 is 11.8 Å². The molecule has 0 saturated carbocycles. The minimum Gasteiger partial charge on any atom is -0.381 e. The summed E-state index contributed by atoms with van der Waals surface area (Å²) in [6, 6.07) is 5.82. The molecule has 94 valence electrons. The molecule has 18 heavy (non-hydrogen) atoms. The lowest BCUT2D eigenvalue weighted by Crippen LogP contribution is -2.25. The van der Waals surface area contributed by atoms with Gasteiger partial charge in [0, 0.05) is 17.5 Å². The summed E-state index contributed by atoms with van der Waals surface area (Å²) in [7, 11) is 0. The average Bonchev–Trinajstić information content (AvgIpc) is 2.66. The van der Waals surface area contributed by atoms with Crippen LogP contribution in [0.3, 0.4) is 0 Å². The summed E-state index contributed by atoms with van der Waals surface area (Å²) < 4.78 is 0. The zero-order chi connectivity index (χ0) is 12.5. The highest BCUT2D eigenvalue weighted by atomic mass is 32.2. The number of carbonyl (C=O) groups is 2. The monoisotopic (exact) mass is 262 g/mol. The molecular weight excluding hydrogens is 248 g/mol. The predicted octanol–water partition coefficient (Wildman–Crippen LogP) is 1.88. The summed E-state index contributed by atoms with van der Waals surface area (Å²) in [5, 5.41) is 5.74. The molecule has 2 heterocycles. The van der Waals surface area contributed by atoms with E-state index in [0.717, 1.165) is 17.9 Å². The lowest BCUT2D eigenvalue weighted by molar-refractivity contribution is 0.0879. The Balaban J connectivity index is 1.80. The Morgan fingerprint density at radius 3 is 2.83 bits per heavy atom. The molecule has 1 aromatic carbocycles. The van der Waals surface area contributed by atoms with E-state index >= 15 is 0 Å². The predicted molar refractivity (Wildman–Crippen MR) is 72.2 cm³/mol. The van der Waals surface area contributed by atoms with Gasteiger partial charge in [0.25, 0.3) is 11.8 Å². The van der Waals surface area contributed by atoms with Gasteiger partial charge >= 0.3 is 0 Å². The van der Waals surface area contributed by atoms with E-state index < -0.39 is 0 Å². The van der Waals surface area contributed by atoms with Crippen LogP contribution < -0.4 is 10.6 Å². The second kappa shape index (κ2) is 4.65. The molecule has 2 aliphatic heterocycles. The summed E-state index contributed by atoms with van der Waals surface area (Å²) >= 11 is 1.95. The van der Waals surface area contributed by atoms with Gasteiger partial charge in [-0.3, -0.25) is 14.9 Å². The summed E-state index contributed by atoms with van der Waals surface area (Å²) in [5.41, 5.74) is 1.88. The third kappa shape index (κ3) is 2.10. The third-order valence-electron chi connectivity index (χ3n) is 3.27. The number of hydrogen-bond donors (Lipinski definition) is 2. The molecule has 0 bridgehead atoms. The van der Waals surface area contributed by atoms with E-state index in [0.29, 0.717) is 17.2 Å². The number of rotatable bonds is 2. The van der Waals surface area contributed by atoms with Crippen LogP contribution in [0.15, 0.2) is 18.2 Å². The molecule has 2 N–H and O–H groups in total. The number of fused-ring (bicyclic) bond motifs is 1. The van der Waals surface area contributed by atoms with Crippen molar-refractivity contribution < 1.29 is 9.59 Å². The van der Waals surface area contributed by atoms with E-state index in [1.165, 1.54) is 12.2 Å². The van der Waals surface area contributed by atoms with Crippen molar-refractivity contribution in [3.05, 3.63) is 29.3 Å². The molecule has 1 fully saturated rings. The smallest absolute Gasteiger partial charge is 0.259 e. The van der Waals surface area contributed by atoms with Gasteiger partial charge in [-0.05, 0) is 36.8 Å². The number of imide groups is 1. The van der Waals surface area contributed by atoms with Crippen LogP contribution in [0.2, 0.25) is 0 Å². The highest BCUT2D eigenvalue weighted by molar-refractivity contribution is 7.99. The lowest BCUT2D eigenvalue weighted by atomic mass is 10.1. The Labute approximate surface area is 110 Å². The maximum atomic E-state index is 11.6. The van der Waals surface area contributed by atoms with E-state index in [2.05, 4.69) is 10.6 Å². The minimum absolute atomic E-state index is 0.295. The first-order valence-corrected chi connectivity index (χ1v) is 7.23. The fourth-order valence-corrected chi connectivity index (χ4v) is 3.42. The molecule has 1 atom stereocenters. The van der Waals surface area contributed by atoms with Crippen molar-refractivity contribution in [2.24, 2.45) is 0 Å². The summed E-state index contributed by atoms with van der Waals surface area (Å²) in [4.78, 5) is 23.0. The molecule has 2 amide bonds. The normalized spacial score (nSPS) is 22.6. The quantitative estimate of drug-likeness (QED) is 0.799. The standard InChI is InChI=1S/C13H14N2O2S/c16-12-10-4-3-8(6-11(10)13(17)15-12)14-9-2-1-5-18-7-9/h3-4,6,9,14H,1-2,5,7H2,(H,15,16,17). The van der Waals surface area contributed by atoms with Crippen molar-refractivity contribution in [3.8, 4) is 0 Å². The van der Waals surface area contributed by atoms with Gasteiger partial charge in [0.1, 0.15) is 0 Å². The van der Waals surface area contributed by atoms with E-state index in [9.17, 15) is 9.59 Å². The third-order valence-corrected chi connectivity index (χ3v) is 4.48. The van der Waals surface area contributed by atoms with E-state index in [1.54, 1.807) is 12.1 Å². The van der Waals surface area contributed by atoms with Crippen LogP contribution in [0, 0.1) is 0 Å². The number of thioether (sulfide) groups is 1. The number of benzene rings is 1. The number of anilines is 1. The molecule has 5 heteroatoms. The molecular formula is C13H14N2O2S. The Morgan fingerprint density at radius 1 is 1.22 bits per heavy atom. The van der Waals surface area contributed by atoms with E-state index in [1.807, 2.05) is 17.8 Å². The molecule has 4 nitrogen and oxygen atoms in total. The first-order chi connectivity index (χ1) is 8.74. The van der Waals surface area contributed by atoms with Gasteiger partial charge in [-0.15, -0.1) is 0 Å². The van der Waals surface area contributed by atoms with E-state index in [4.69, 9.17) is 0 Å². The minimum atomic E-state index is -0.297. The SMILES string of the molecule is O=C1NC(=O)c2cc(NC3CCCSC3)ccc21. The molecule has 1 aromatic rings. The van der Waals surface area contributed by atoms with Gasteiger partial charge in [0.15, 0.2) is 0 Å². The number of hydrogen-bond acceptors (Lipinski definition) is 4. The topological polar surface area (TPSA) is 58.2 Å². The Bertz CT molecular complexity index is 510. The van der Waals surface area contributed by atoms with Crippen molar-refractivity contribution >= 4 is 29.3 Å². The van der Waals surface area contributed by atoms with Crippen molar-refractivity contribution in [1.82, 2.24) is 5.32 Å². The molecule has 0 aromatic heterocycles. The fraction of sp³-hybridized carbons (Fsp3) is 0.385. The summed E-state index contributed by atoms with van der Waals surface area (Å²) in [6.45, 7) is 0. The van der Waals surface area contributed by atoms with Gasteiger partial charge < -0.3 is 5.32 Å². The van der Waals surface area contributed by atoms with Crippen molar-refractivity contribution in [2.75, 3.05) is 16.8 Å².